The van der Waals surface area contributed by atoms with Crippen molar-refractivity contribution >= 4 is 61.5 Å². The molecule has 0 aliphatic heterocycles. The second-order valence-corrected chi connectivity index (χ2v) is 6.73. The van der Waals surface area contributed by atoms with E-state index < -0.39 is 0 Å². The minimum absolute atomic E-state index is 0.669. The van der Waals surface area contributed by atoms with Gasteiger partial charge in [0, 0.05) is 29.8 Å². The quantitative estimate of drug-likeness (QED) is 0.505. The van der Waals surface area contributed by atoms with Gasteiger partial charge in [-0.2, -0.15) is 0 Å². The number of nitrogens with zero attached hydrogens (tertiary/aromatic N) is 3. The standard InChI is InChI=1S/C16H14Cl2N4S/c1-19-15(20-12-5-3-4-10(17)8-12)22(2)16-21-13-9-11(18)6-7-14(13)23-16/h3-9H,1-2H3,(H,19,20). The fourth-order valence-electron chi connectivity index (χ4n) is 2.11. The van der Waals surface area contributed by atoms with E-state index in [-0.39, 0.29) is 0 Å². The number of hydrogen-bond donors (Lipinski definition) is 1. The molecule has 4 nitrogen and oxygen atoms in total. The highest BCUT2D eigenvalue weighted by Gasteiger charge is 2.14. The minimum Gasteiger partial charge on any atom is -0.326 e. The highest BCUT2D eigenvalue weighted by molar-refractivity contribution is 7.22. The zero-order valence-electron chi connectivity index (χ0n) is 12.5. The molecule has 0 bridgehead atoms. The maximum atomic E-state index is 6.02. The van der Waals surface area contributed by atoms with Gasteiger partial charge in [-0.25, -0.2) is 4.98 Å². The average molecular weight is 365 g/mol. The van der Waals surface area contributed by atoms with Gasteiger partial charge < -0.3 is 5.32 Å². The van der Waals surface area contributed by atoms with E-state index in [0.717, 1.165) is 21.0 Å². The van der Waals surface area contributed by atoms with Crippen LogP contribution in [0.25, 0.3) is 10.2 Å². The summed E-state index contributed by atoms with van der Waals surface area (Å²) in [7, 11) is 3.65. The predicted molar refractivity (Wildman–Crippen MR) is 101 cm³/mol. The van der Waals surface area contributed by atoms with E-state index in [1.165, 1.54) is 0 Å². The molecule has 7 heteroatoms. The second-order valence-electron chi connectivity index (χ2n) is 4.85. The first-order valence-electron chi connectivity index (χ1n) is 6.86. The van der Waals surface area contributed by atoms with Crippen LogP contribution in [0.15, 0.2) is 47.5 Å². The van der Waals surface area contributed by atoms with Crippen molar-refractivity contribution in [1.29, 1.82) is 0 Å². The average Bonchev–Trinajstić information content (AvgIpc) is 2.95. The van der Waals surface area contributed by atoms with Crippen LogP contribution in [-0.4, -0.2) is 25.0 Å². The van der Waals surface area contributed by atoms with Gasteiger partial charge in [-0.15, -0.1) is 0 Å². The number of aromatic nitrogens is 1. The summed E-state index contributed by atoms with van der Waals surface area (Å²) in [6.45, 7) is 0. The molecule has 3 aromatic rings. The molecule has 1 heterocycles. The SMILES string of the molecule is CN=C(Nc1cccc(Cl)c1)N(C)c1nc2cc(Cl)ccc2s1. The first kappa shape index (κ1) is 16.1. The van der Waals surface area contributed by atoms with Gasteiger partial charge in [-0.05, 0) is 36.4 Å². The predicted octanol–water partition coefficient (Wildman–Crippen LogP) is 5.14. The molecule has 0 radical (unpaired) electrons. The molecule has 23 heavy (non-hydrogen) atoms. The third kappa shape index (κ3) is 3.58. The molecule has 2 aromatic carbocycles. The van der Waals surface area contributed by atoms with Crippen molar-refractivity contribution in [3.8, 4) is 0 Å². The summed E-state index contributed by atoms with van der Waals surface area (Å²) in [6.07, 6.45) is 0. The molecule has 0 saturated carbocycles. The van der Waals surface area contributed by atoms with Crippen molar-refractivity contribution in [2.24, 2.45) is 4.99 Å². The van der Waals surface area contributed by atoms with E-state index in [1.807, 2.05) is 54.4 Å². The smallest absolute Gasteiger partial charge is 0.204 e. The minimum atomic E-state index is 0.669. The Hall–Kier alpha value is -1.82. The van der Waals surface area contributed by atoms with Crippen LogP contribution in [0, 0.1) is 0 Å². The van der Waals surface area contributed by atoms with Crippen LogP contribution in [0.2, 0.25) is 10.0 Å². The number of rotatable bonds is 2. The molecule has 1 aromatic heterocycles. The maximum absolute atomic E-state index is 6.02. The van der Waals surface area contributed by atoms with E-state index in [1.54, 1.807) is 18.4 Å². The molecule has 3 rings (SSSR count). The molecule has 0 spiro atoms. The highest BCUT2D eigenvalue weighted by atomic mass is 35.5. The zero-order chi connectivity index (χ0) is 16.4. The zero-order valence-corrected chi connectivity index (χ0v) is 14.9. The van der Waals surface area contributed by atoms with Crippen molar-refractivity contribution in [1.82, 2.24) is 4.98 Å². The van der Waals surface area contributed by atoms with Crippen molar-refractivity contribution in [3.63, 3.8) is 0 Å². The molecule has 1 N–H and O–H groups in total. The van der Waals surface area contributed by atoms with Crippen LogP contribution in [-0.2, 0) is 0 Å². The lowest BCUT2D eigenvalue weighted by Gasteiger charge is -2.19. The molecule has 0 atom stereocenters. The number of guanidine groups is 1. The van der Waals surface area contributed by atoms with Gasteiger partial charge in [-0.1, -0.05) is 40.6 Å². The Balaban J connectivity index is 1.88. The molecule has 0 fully saturated rings. The second kappa shape index (κ2) is 6.74. The fourth-order valence-corrected chi connectivity index (χ4v) is 3.37. The summed E-state index contributed by atoms with van der Waals surface area (Å²) in [5, 5.41) is 5.43. The number of nitrogens with one attached hydrogen (secondary N) is 1. The van der Waals surface area contributed by atoms with Gasteiger partial charge in [0.15, 0.2) is 5.13 Å². The summed E-state index contributed by atoms with van der Waals surface area (Å²) >= 11 is 13.6. The molecule has 0 unspecified atom stereocenters. The monoisotopic (exact) mass is 364 g/mol. The van der Waals surface area contributed by atoms with Crippen LogP contribution in [0.1, 0.15) is 0 Å². The fraction of sp³-hybridized carbons (Fsp3) is 0.125. The van der Waals surface area contributed by atoms with Gasteiger partial charge in [0.1, 0.15) is 0 Å². The number of thiazole rings is 1. The Bertz CT molecular complexity index is 875. The van der Waals surface area contributed by atoms with Gasteiger partial charge in [0.25, 0.3) is 0 Å². The summed E-state index contributed by atoms with van der Waals surface area (Å²) in [4.78, 5) is 10.8. The van der Waals surface area contributed by atoms with E-state index in [2.05, 4.69) is 15.3 Å². The van der Waals surface area contributed by atoms with Gasteiger partial charge >= 0.3 is 0 Å². The van der Waals surface area contributed by atoms with E-state index in [4.69, 9.17) is 23.2 Å². The molecular weight excluding hydrogens is 351 g/mol. The Morgan fingerprint density at radius 2 is 1.96 bits per heavy atom. The van der Waals surface area contributed by atoms with Crippen molar-refractivity contribution < 1.29 is 0 Å². The van der Waals surface area contributed by atoms with Crippen molar-refractivity contribution in [3.05, 3.63) is 52.5 Å². The largest absolute Gasteiger partial charge is 0.326 e. The number of aliphatic imine (C=N–C) groups is 1. The summed E-state index contributed by atoms with van der Waals surface area (Å²) < 4.78 is 1.08. The number of hydrogen-bond acceptors (Lipinski definition) is 3. The summed E-state index contributed by atoms with van der Waals surface area (Å²) in [5.74, 6) is 0.678. The number of fused-ring (bicyclic) bond motifs is 1. The van der Waals surface area contributed by atoms with Crippen LogP contribution in [0.5, 0.6) is 0 Å². The number of halogens is 2. The van der Waals surface area contributed by atoms with Gasteiger partial charge in [-0.3, -0.25) is 9.89 Å². The van der Waals surface area contributed by atoms with Crippen LogP contribution >= 0.6 is 34.5 Å². The van der Waals surface area contributed by atoms with Crippen LogP contribution < -0.4 is 10.2 Å². The third-order valence-corrected chi connectivity index (χ3v) is 4.82. The lowest BCUT2D eigenvalue weighted by atomic mass is 10.3. The highest BCUT2D eigenvalue weighted by Crippen LogP contribution is 2.30. The molecular formula is C16H14Cl2N4S. The lowest BCUT2D eigenvalue weighted by Crippen LogP contribution is -2.32. The Labute approximate surface area is 148 Å². The van der Waals surface area contributed by atoms with Crippen LogP contribution in [0.3, 0.4) is 0 Å². The molecule has 0 amide bonds. The Morgan fingerprint density at radius 1 is 1.17 bits per heavy atom. The van der Waals surface area contributed by atoms with Gasteiger partial charge in [0.05, 0.1) is 10.2 Å². The molecule has 118 valence electrons. The van der Waals surface area contributed by atoms with Crippen LogP contribution in [0.4, 0.5) is 10.8 Å². The third-order valence-electron chi connectivity index (χ3n) is 3.24. The normalized spacial score (nSPS) is 11.7. The van der Waals surface area contributed by atoms with Crippen molar-refractivity contribution in [2.45, 2.75) is 0 Å². The lowest BCUT2D eigenvalue weighted by molar-refractivity contribution is 1.19. The Kier molecular flexibility index (Phi) is 4.71. The molecule has 0 aliphatic rings. The maximum Gasteiger partial charge on any atom is 0.204 e. The van der Waals surface area contributed by atoms with E-state index >= 15 is 0 Å². The molecule has 0 aliphatic carbocycles. The first-order valence-corrected chi connectivity index (χ1v) is 8.43. The molecule has 0 saturated heterocycles. The van der Waals surface area contributed by atoms with E-state index in [0.29, 0.717) is 16.0 Å². The summed E-state index contributed by atoms with van der Waals surface area (Å²) in [5.41, 5.74) is 1.75. The first-order chi connectivity index (χ1) is 11.1. The number of anilines is 2. The van der Waals surface area contributed by atoms with Crippen molar-refractivity contribution in [2.75, 3.05) is 24.3 Å². The topological polar surface area (TPSA) is 40.5 Å². The Morgan fingerprint density at radius 3 is 2.70 bits per heavy atom. The van der Waals surface area contributed by atoms with Gasteiger partial charge in [0.2, 0.25) is 5.96 Å². The van der Waals surface area contributed by atoms with E-state index in [9.17, 15) is 0 Å². The number of benzene rings is 2. The summed E-state index contributed by atoms with van der Waals surface area (Å²) in [6, 6.07) is 13.2.